The number of nitrogens with two attached hydrogens (primary N) is 1. The van der Waals surface area contributed by atoms with Crippen LogP contribution in [0.25, 0.3) is 10.2 Å². The monoisotopic (exact) mass is 273 g/mol. The highest BCUT2D eigenvalue weighted by atomic mass is 79.9. The van der Waals surface area contributed by atoms with Crippen LogP contribution < -0.4 is 5.73 Å². The third-order valence-corrected chi connectivity index (χ3v) is 3.15. The summed E-state index contributed by atoms with van der Waals surface area (Å²) >= 11 is 4.34. The number of rotatable bonds is 1. The summed E-state index contributed by atoms with van der Waals surface area (Å²) in [6.07, 6.45) is 0. The predicted octanol–water partition coefficient (Wildman–Crippen LogP) is 2.55. The summed E-state index contributed by atoms with van der Waals surface area (Å²) in [6.45, 7) is 0. The fourth-order valence-electron chi connectivity index (χ4n) is 1.10. The second-order valence-electron chi connectivity index (χ2n) is 2.58. The van der Waals surface area contributed by atoms with E-state index < -0.39 is 4.92 Å². The molecule has 14 heavy (non-hydrogen) atoms. The molecule has 0 unspecified atom stereocenters. The smallest absolute Gasteiger partial charge is 0.285 e. The van der Waals surface area contributed by atoms with E-state index in [1.54, 1.807) is 6.07 Å². The molecule has 5 nitrogen and oxygen atoms in total. The Hall–Kier alpha value is -1.21. The normalized spacial score (nSPS) is 10.6. The molecule has 1 aromatic carbocycles. The highest BCUT2D eigenvalue weighted by molar-refractivity contribution is 9.10. The molecule has 2 rings (SSSR count). The van der Waals surface area contributed by atoms with Crippen LogP contribution in [0.3, 0.4) is 0 Å². The zero-order chi connectivity index (χ0) is 10.3. The van der Waals surface area contributed by atoms with Crippen LogP contribution in [0.15, 0.2) is 16.6 Å². The van der Waals surface area contributed by atoms with Crippen molar-refractivity contribution in [2.45, 2.75) is 0 Å². The molecule has 1 heterocycles. The number of hydrogen-bond donors (Lipinski definition) is 1. The number of benzene rings is 1. The maximum absolute atomic E-state index is 10.6. The van der Waals surface area contributed by atoms with E-state index in [-0.39, 0.29) is 5.69 Å². The Morgan fingerprint density at radius 1 is 1.57 bits per heavy atom. The summed E-state index contributed by atoms with van der Waals surface area (Å²) in [5, 5.41) is 11.0. The molecule has 0 aliphatic carbocycles. The number of anilines is 1. The van der Waals surface area contributed by atoms with E-state index in [1.807, 2.05) is 0 Å². The van der Waals surface area contributed by atoms with Crippen LogP contribution in [0, 0.1) is 10.1 Å². The maximum atomic E-state index is 10.6. The Labute approximate surface area is 90.8 Å². The largest absolute Gasteiger partial charge is 0.375 e. The van der Waals surface area contributed by atoms with E-state index in [0.717, 1.165) is 4.70 Å². The van der Waals surface area contributed by atoms with Gasteiger partial charge in [-0.25, -0.2) is 4.98 Å². The first-order chi connectivity index (χ1) is 6.58. The minimum absolute atomic E-state index is 0.0288. The first kappa shape index (κ1) is 9.35. The molecule has 0 fully saturated rings. The highest BCUT2D eigenvalue weighted by Crippen LogP contribution is 2.33. The maximum Gasteiger partial charge on any atom is 0.285 e. The van der Waals surface area contributed by atoms with Crippen LogP contribution in [-0.2, 0) is 0 Å². The molecule has 0 atom stereocenters. The van der Waals surface area contributed by atoms with E-state index in [1.165, 1.54) is 17.4 Å². The number of hydrogen-bond acceptors (Lipinski definition) is 5. The molecule has 1 aromatic heterocycles. The number of nitrogen functional groups attached to an aromatic ring is 1. The molecule has 0 saturated heterocycles. The van der Waals surface area contributed by atoms with E-state index in [4.69, 9.17) is 5.73 Å². The third kappa shape index (κ3) is 1.44. The molecule has 0 spiro atoms. The Bertz CT molecular complexity index is 525. The van der Waals surface area contributed by atoms with E-state index in [9.17, 15) is 10.1 Å². The third-order valence-electron chi connectivity index (χ3n) is 1.67. The van der Waals surface area contributed by atoms with Crippen molar-refractivity contribution in [2.24, 2.45) is 0 Å². The minimum Gasteiger partial charge on any atom is -0.375 e. The van der Waals surface area contributed by atoms with E-state index in [0.29, 0.717) is 15.1 Å². The zero-order valence-corrected chi connectivity index (χ0v) is 9.13. The van der Waals surface area contributed by atoms with Crippen LogP contribution in [0.2, 0.25) is 0 Å². The topological polar surface area (TPSA) is 82.0 Å². The molecule has 0 saturated carbocycles. The summed E-state index contributed by atoms with van der Waals surface area (Å²) in [6, 6.07) is 3.06. The van der Waals surface area contributed by atoms with Crippen molar-refractivity contribution in [3.63, 3.8) is 0 Å². The number of nitrogens with zero attached hydrogens (tertiary/aromatic N) is 2. The Kier molecular flexibility index (Phi) is 2.12. The zero-order valence-electron chi connectivity index (χ0n) is 6.73. The number of nitro groups is 1. The van der Waals surface area contributed by atoms with Gasteiger partial charge in [0.05, 0.1) is 19.6 Å². The standard InChI is InChI=1S/C7H4BrN3O2S/c8-3-1-4-6(14-7(9)10-4)2-5(3)11(12)13/h1-2H,(H2,9,10). The van der Waals surface area contributed by atoms with Crippen LogP contribution in [0.4, 0.5) is 10.8 Å². The molecule has 0 radical (unpaired) electrons. The molecule has 7 heteroatoms. The fourth-order valence-corrected chi connectivity index (χ4v) is 2.32. The molecular formula is C7H4BrN3O2S. The number of fused-ring (bicyclic) bond motifs is 1. The van der Waals surface area contributed by atoms with E-state index >= 15 is 0 Å². The van der Waals surface area contributed by atoms with Gasteiger partial charge in [0.25, 0.3) is 5.69 Å². The summed E-state index contributed by atoms with van der Waals surface area (Å²) in [4.78, 5) is 14.2. The number of aromatic nitrogens is 1. The molecular weight excluding hydrogens is 270 g/mol. The summed E-state index contributed by atoms with van der Waals surface area (Å²) in [5.74, 6) is 0. The van der Waals surface area contributed by atoms with Crippen LogP contribution in [0.5, 0.6) is 0 Å². The first-order valence-electron chi connectivity index (χ1n) is 3.58. The van der Waals surface area contributed by atoms with Gasteiger partial charge in [-0.05, 0) is 22.0 Å². The van der Waals surface area contributed by atoms with Crippen molar-refractivity contribution in [2.75, 3.05) is 5.73 Å². The van der Waals surface area contributed by atoms with Gasteiger partial charge in [-0.15, -0.1) is 0 Å². The van der Waals surface area contributed by atoms with Crippen LogP contribution >= 0.6 is 27.3 Å². The number of halogens is 1. The highest BCUT2D eigenvalue weighted by Gasteiger charge is 2.14. The van der Waals surface area contributed by atoms with Gasteiger partial charge in [0.2, 0.25) is 0 Å². The van der Waals surface area contributed by atoms with Crippen molar-refractivity contribution in [1.82, 2.24) is 4.98 Å². The van der Waals surface area contributed by atoms with Crippen molar-refractivity contribution >= 4 is 48.3 Å². The van der Waals surface area contributed by atoms with Gasteiger partial charge in [-0.1, -0.05) is 11.3 Å². The lowest BCUT2D eigenvalue weighted by molar-refractivity contribution is -0.385. The predicted molar refractivity (Wildman–Crippen MR) is 58.4 cm³/mol. The SMILES string of the molecule is Nc1nc2cc(Br)c([N+](=O)[O-])cc2s1. The molecule has 0 aliphatic heterocycles. The van der Waals surface area contributed by atoms with Gasteiger partial charge in [0.1, 0.15) is 0 Å². The van der Waals surface area contributed by atoms with Gasteiger partial charge in [-0.2, -0.15) is 0 Å². The van der Waals surface area contributed by atoms with Crippen molar-refractivity contribution in [3.05, 3.63) is 26.7 Å². The van der Waals surface area contributed by atoms with Gasteiger partial charge in [0, 0.05) is 6.07 Å². The van der Waals surface area contributed by atoms with Crippen molar-refractivity contribution in [1.29, 1.82) is 0 Å². The number of nitro benzene ring substituents is 1. The van der Waals surface area contributed by atoms with E-state index in [2.05, 4.69) is 20.9 Å². The summed E-state index contributed by atoms with van der Waals surface area (Å²) in [5.41, 5.74) is 6.19. The van der Waals surface area contributed by atoms with Gasteiger partial charge in [-0.3, -0.25) is 10.1 Å². The van der Waals surface area contributed by atoms with Crippen LogP contribution in [-0.4, -0.2) is 9.91 Å². The van der Waals surface area contributed by atoms with Gasteiger partial charge < -0.3 is 5.73 Å². The molecule has 2 aromatic rings. The molecule has 0 aliphatic rings. The van der Waals surface area contributed by atoms with Gasteiger partial charge in [0.15, 0.2) is 5.13 Å². The first-order valence-corrected chi connectivity index (χ1v) is 5.19. The lowest BCUT2D eigenvalue weighted by Crippen LogP contribution is -1.88. The molecule has 0 bridgehead atoms. The van der Waals surface area contributed by atoms with Crippen molar-refractivity contribution < 1.29 is 4.92 Å². The molecule has 0 amide bonds. The Morgan fingerprint density at radius 2 is 2.29 bits per heavy atom. The second kappa shape index (κ2) is 3.18. The summed E-state index contributed by atoms with van der Waals surface area (Å²) in [7, 11) is 0. The lowest BCUT2D eigenvalue weighted by Gasteiger charge is -1.93. The molecule has 72 valence electrons. The Morgan fingerprint density at radius 3 is 2.93 bits per heavy atom. The minimum atomic E-state index is -0.445. The number of thiazole rings is 1. The van der Waals surface area contributed by atoms with Crippen molar-refractivity contribution in [3.8, 4) is 0 Å². The Balaban J connectivity index is 2.76. The molecule has 2 N–H and O–H groups in total. The lowest BCUT2D eigenvalue weighted by atomic mass is 10.3. The summed E-state index contributed by atoms with van der Waals surface area (Å²) < 4.78 is 1.14. The second-order valence-corrected chi connectivity index (χ2v) is 4.50. The quantitative estimate of drug-likeness (QED) is 0.640. The fraction of sp³-hybridized carbons (Fsp3) is 0. The van der Waals surface area contributed by atoms with Gasteiger partial charge >= 0.3 is 0 Å². The average molecular weight is 274 g/mol. The average Bonchev–Trinajstić information content (AvgIpc) is 2.42. The van der Waals surface area contributed by atoms with Crippen LogP contribution in [0.1, 0.15) is 0 Å².